The number of halogens is 1. The first-order chi connectivity index (χ1) is 8.76. The molecule has 4 nitrogen and oxygen atoms in total. The first-order valence-corrected chi connectivity index (χ1v) is 6.46. The quantitative estimate of drug-likeness (QED) is 0.877. The summed E-state index contributed by atoms with van der Waals surface area (Å²) in [6, 6.07) is 6.24. The van der Waals surface area contributed by atoms with Gasteiger partial charge < -0.3 is 15.2 Å². The fourth-order valence-corrected chi connectivity index (χ4v) is 2.53. The van der Waals surface area contributed by atoms with Crippen molar-refractivity contribution in [3.8, 4) is 5.75 Å². The minimum atomic E-state index is 0. The van der Waals surface area contributed by atoms with E-state index in [2.05, 4.69) is 22.3 Å². The second-order valence-electron chi connectivity index (χ2n) is 4.71. The van der Waals surface area contributed by atoms with Gasteiger partial charge in [0.25, 0.3) is 0 Å². The van der Waals surface area contributed by atoms with E-state index in [9.17, 15) is 5.11 Å². The number of nitrogens with zero attached hydrogens (tertiary/aromatic N) is 1. The smallest absolute Gasteiger partial charge is 0.121 e. The molecule has 1 aromatic carbocycles. The highest BCUT2D eigenvalue weighted by Crippen LogP contribution is 2.26. The van der Waals surface area contributed by atoms with E-state index in [1.807, 2.05) is 13.0 Å². The van der Waals surface area contributed by atoms with E-state index in [0.717, 1.165) is 43.1 Å². The summed E-state index contributed by atoms with van der Waals surface area (Å²) in [5.74, 6) is 0.899. The van der Waals surface area contributed by atoms with Gasteiger partial charge in [-0.3, -0.25) is 4.90 Å². The minimum Gasteiger partial charge on any atom is -0.496 e. The predicted molar refractivity (Wildman–Crippen MR) is 79.2 cm³/mol. The minimum absolute atomic E-state index is 0. The molecule has 1 aromatic rings. The largest absolute Gasteiger partial charge is 0.496 e. The lowest BCUT2D eigenvalue weighted by Gasteiger charge is -2.34. The van der Waals surface area contributed by atoms with Gasteiger partial charge in [-0.25, -0.2) is 0 Å². The number of aryl methyl sites for hydroxylation is 1. The van der Waals surface area contributed by atoms with E-state index in [1.54, 1.807) is 7.11 Å². The molecule has 19 heavy (non-hydrogen) atoms. The number of hydrogen-bond acceptors (Lipinski definition) is 4. The lowest BCUT2D eigenvalue weighted by Crippen LogP contribution is -2.46. The third kappa shape index (κ3) is 3.83. The first kappa shape index (κ1) is 16.2. The van der Waals surface area contributed by atoms with Crippen molar-refractivity contribution >= 4 is 12.4 Å². The van der Waals surface area contributed by atoms with Crippen molar-refractivity contribution in [3.05, 3.63) is 29.3 Å². The van der Waals surface area contributed by atoms with E-state index in [-0.39, 0.29) is 25.1 Å². The number of aliphatic hydroxyl groups excluding tert-OH is 1. The Bertz CT molecular complexity index is 395. The fourth-order valence-electron chi connectivity index (χ4n) is 2.53. The highest BCUT2D eigenvalue weighted by molar-refractivity contribution is 5.85. The average Bonchev–Trinajstić information content (AvgIpc) is 2.41. The van der Waals surface area contributed by atoms with Crippen LogP contribution in [0, 0.1) is 6.92 Å². The van der Waals surface area contributed by atoms with Crippen molar-refractivity contribution in [2.45, 2.75) is 13.0 Å². The van der Waals surface area contributed by atoms with E-state index in [0.29, 0.717) is 0 Å². The summed E-state index contributed by atoms with van der Waals surface area (Å²) in [6.07, 6.45) is 0. The van der Waals surface area contributed by atoms with Gasteiger partial charge in [0.2, 0.25) is 0 Å². The van der Waals surface area contributed by atoms with Gasteiger partial charge in [-0.1, -0.05) is 12.1 Å². The van der Waals surface area contributed by atoms with Crippen LogP contribution in [0.2, 0.25) is 0 Å². The van der Waals surface area contributed by atoms with Gasteiger partial charge in [-0.15, -0.1) is 12.4 Å². The highest BCUT2D eigenvalue weighted by Gasteiger charge is 2.21. The Balaban J connectivity index is 0.00000180. The van der Waals surface area contributed by atoms with E-state index < -0.39 is 0 Å². The molecule has 0 radical (unpaired) electrons. The molecule has 0 bridgehead atoms. The van der Waals surface area contributed by atoms with E-state index in [1.165, 1.54) is 0 Å². The molecule has 1 saturated heterocycles. The molecule has 5 heteroatoms. The molecule has 0 aromatic heterocycles. The molecule has 2 N–H and O–H groups in total. The molecule has 0 amide bonds. The van der Waals surface area contributed by atoms with Crippen LogP contribution in [0.15, 0.2) is 18.2 Å². The van der Waals surface area contributed by atoms with Gasteiger partial charge in [0, 0.05) is 26.2 Å². The van der Waals surface area contributed by atoms with Gasteiger partial charge in [-0.05, 0) is 24.1 Å². The topological polar surface area (TPSA) is 44.7 Å². The molecule has 0 aliphatic carbocycles. The number of aliphatic hydroxyl groups is 1. The molecule has 0 saturated carbocycles. The number of methoxy groups -OCH3 is 1. The maximum Gasteiger partial charge on any atom is 0.121 e. The molecule has 0 unspecified atom stereocenters. The molecule has 2 rings (SSSR count). The number of nitrogens with one attached hydrogen (secondary N) is 1. The Morgan fingerprint density at radius 1 is 1.37 bits per heavy atom. The summed E-state index contributed by atoms with van der Waals surface area (Å²) in [6.45, 7) is 6.14. The number of rotatable bonds is 4. The second kappa shape index (κ2) is 7.70. The number of hydrogen-bond donors (Lipinski definition) is 2. The van der Waals surface area contributed by atoms with Crippen molar-refractivity contribution in [3.63, 3.8) is 0 Å². The second-order valence-corrected chi connectivity index (χ2v) is 4.71. The fraction of sp³-hybridized carbons (Fsp3) is 0.571. The monoisotopic (exact) mass is 286 g/mol. The molecule has 1 aliphatic rings. The SMILES string of the molecule is COc1ccc([C@@H](CO)N2CCNCC2)cc1C.Cl. The summed E-state index contributed by atoms with van der Waals surface area (Å²) < 4.78 is 5.27. The first-order valence-electron chi connectivity index (χ1n) is 6.46. The van der Waals surface area contributed by atoms with Gasteiger partial charge in [0.15, 0.2) is 0 Å². The van der Waals surface area contributed by atoms with E-state index >= 15 is 0 Å². The number of ether oxygens (including phenoxy) is 1. The zero-order chi connectivity index (χ0) is 13.0. The maximum atomic E-state index is 9.66. The summed E-state index contributed by atoms with van der Waals surface area (Å²) in [5, 5.41) is 13.0. The maximum absolute atomic E-state index is 9.66. The lowest BCUT2D eigenvalue weighted by atomic mass is 10.0. The highest BCUT2D eigenvalue weighted by atomic mass is 35.5. The zero-order valence-electron chi connectivity index (χ0n) is 11.6. The molecular formula is C14H23ClN2O2. The van der Waals surface area contributed by atoms with Crippen molar-refractivity contribution in [1.29, 1.82) is 0 Å². The summed E-state index contributed by atoms with van der Waals surface area (Å²) in [5.41, 5.74) is 2.28. The summed E-state index contributed by atoms with van der Waals surface area (Å²) in [4.78, 5) is 2.33. The van der Waals surface area contributed by atoms with Gasteiger partial charge in [-0.2, -0.15) is 0 Å². The zero-order valence-corrected chi connectivity index (χ0v) is 12.4. The Labute approximate surface area is 121 Å². The predicted octanol–water partition coefficient (Wildman–Crippen LogP) is 1.36. The Morgan fingerprint density at radius 3 is 2.58 bits per heavy atom. The third-order valence-corrected chi connectivity index (χ3v) is 3.57. The van der Waals surface area contributed by atoms with Crippen molar-refractivity contribution in [2.24, 2.45) is 0 Å². The van der Waals surface area contributed by atoms with Crippen LogP contribution in [0.3, 0.4) is 0 Å². The van der Waals surface area contributed by atoms with Crippen LogP contribution >= 0.6 is 12.4 Å². The molecule has 1 fully saturated rings. The van der Waals surface area contributed by atoms with Gasteiger partial charge >= 0.3 is 0 Å². The Kier molecular flexibility index (Phi) is 6.58. The van der Waals surface area contributed by atoms with Crippen molar-refractivity contribution < 1.29 is 9.84 Å². The summed E-state index contributed by atoms with van der Waals surface area (Å²) in [7, 11) is 1.68. The van der Waals surface area contributed by atoms with Crippen LogP contribution < -0.4 is 10.1 Å². The van der Waals surface area contributed by atoms with Crippen LogP contribution in [0.25, 0.3) is 0 Å². The van der Waals surface area contributed by atoms with Crippen LogP contribution in [0.5, 0.6) is 5.75 Å². The molecule has 1 heterocycles. The average molecular weight is 287 g/mol. The molecular weight excluding hydrogens is 264 g/mol. The van der Waals surface area contributed by atoms with E-state index in [4.69, 9.17) is 4.74 Å². The standard InChI is InChI=1S/C14H22N2O2.ClH/c1-11-9-12(3-4-14(11)18-2)13(10-17)16-7-5-15-6-8-16;/h3-4,9,13,15,17H,5-8,10H2,1-2H3;1H/t13-;/m1./s1. The Morgan fingerprint density at radius 2 is 2.05 bits per heavy atom. The summed E-state index contributed by atoms with van der Waals surface area (Å²) >= 11 is 0. The molecule has 1 atom stereocenters. The molecule has 0 spiro atoms. The lowest BCUT2D eigenvalue weighted by molar-refractivity contribution is 0.111. The van der Waals surface area contributed by atoms with Crippen LogP contribution in [-0.2, 0) is 0 Å². The Hall–Kier alpha value is -0.810. The van der Waals surface area contributed by atoms with Gasteiger partial charge in [0.05, 0.1) is 19.8 Å². The normalized spacial score (nSPS) is 17.6. The molecule has 108 valence electrons. The number of piperazine rings is 1. The van der Waals surface area contributed by atoms with Gasteiger partial charge in [0.1, 0.15) is 5.75 Å². The number of benzene rings is 1. The molecule has 1 aliphatic heterocycles. The van der Waals surface area contributed by atoms with Crippen LogP contribution in [-0.4, -0.2) is 49.9 Å². The van der Waals surface area contributed by atoms with Crippen LogP contribution in [0.4, 0.5) is 0 Å². The van der Waals surface area contributed by atoms with Crippen LogP contribution in [0.1, 0.15) is 17.2 Å². The van der Waals surface area contributed by atoms with Crippen molar-refractivity contribution in [2.75, 3.05) is 39.9 Å². The van der Waals surface area contributed by atoms with Crippen molar-refractivity contribution in [1.82, 2.24) is 10.2 Å². The third-order valence-electron chi connectivity index (χ3n) is 3.57.